The summed E-state index contributed by atoms with van der Waals surface area (Å²) in [7, 11) is 0. The van der Waals surface area contributed by atoms with Gasteiger partial charge in [0.1, 0.15) is 10.8 Å². The molecule has 5 heteroatoms. The molecule has 0 aliphatic carbocycles. The molecular weight excluding hydrogens is 253 g/mol. The average Bonchev–Trinajstić information content (AvgIpc) is 2.69. The summed E-state index contributed by atoms with van der Waals surface area (Å²) in [6.45, 7) is 1.86. The molecular formula is C13H12FNO2S. The topological polar surface area (TPSA) is 50.2 Å². The summed E-state index contributed by atoms with van der Waals surface area (Å²) in [6, 6.07) is 6.13. The molecule has 2 rings (SSSR count). The van der Waals surface area contributed by atoms with Crippen LogP contribution in [-0.4, -0.2) is 16.1 Å². The van der Waals surface area contributed by atoms with Crippen LogP contribution in [-0.2, 0) is 11.2 Å². The quantitative estimate of drug-likeness (QED) is 0.923. The van der Waals surface area contributed by atoms with Crippen LogP contribution in [0.2, 0.25) is 0 Å². The van der Waals surface area contributed by atoms with Crippen LogP contribution < -0.4 is 0 Å². The number of aryl methyl sites for hydroxylation is 2. The Balaban J connectivity index is 2.22. The molecule has 0 fully saturated rings. The average molecular weight is 265 g/mol. The number of aliphatic carboxylic acids is 1. The number of thiazole rings is 1. The molecule has 0 radical (unpaired) electrons. The summed E-state index contributed by atoms with van der Waals surface area (Å²) in [5, 5.41) is 9.46. The fourth-order valence-corrected chi connectivity index (χ4v) is 2.66. The number of nitrogens with zero attached hydrogens (tertiary/aromatic N) is 1. The van der Waals surface area contributed by atoms with Crippen molar-refractivity contribution in [1.29, 1.82) is 0 Å². The van der Waals surface area contributed by atoms with E-state index in [1.54, 1.807) is 12.1 Å². The summed E-state index contributed by atoms with van der Waals surface area (Å²) >= 11 is 1.46. The maximum Gasteiger partial charge on any atom is 0.303 e. The third-order valence-electron chi connectivity index (χ3n) is 2.55. The SMILES string of the molecule is Cc1nc(-c2ccc(F)cc2)sc1CCC(=O)O. The minimum absolute atomic E-state index is 0.103. The second-order valence-corrected chi connectivity index (χ2v) is 5.01. The first kappa shape index (κ1) is 12.7. The summed E-state index contributed by atoms with van der Waals surface area (Å²) in [5.41, 5.74) is 1.70. The van der Waals surface area contributed by atoms with Gasteiger partial charge in [0, 0.05) is 10.4 Å². The van der Waals surface area contributed by atoms with Crippen LogP contribution in [0.15, 0.2) is 24.3 Å². The Morgan fingerprint density at radius 3 is 2.67 bits per heavy atom. The Kier molecular flexibility index (Phi) is 3.72. The lowest BCUT2D eigenvalue weighted by Crippen LogP contribution is -1.96. The van der Waals surface area contributed by atoms with Crippen LogP contribution in [0.3, 0.4) is 0 Å². The van der Waals surface area contributed by atoms with E-state index in [1.807, 2.05) is 6.92 Å². The van der Waals surface area contributed by atoms with Crippen LogP contribution >= 0.6 is 11.3 Å². The first-order valence-electron chi connectivity index (χ1n) is 5.50. The largest absolute Gasteiger partial charge is 0.481 e. The van der Waals surface area contributed by atoms with E-state index in [2.05, 4.69) is 4.98 Å². The number of hydrogen-bond acceptors (Lipinski definition) is 3. The highest BCUT2D eigenvalue weighted by Crippen LogP contribution is 2.28. The molecule has 2 aromatic rings. The van der Waals surface area contributed by atoms with Crippen LogP contribution in [0.4, 0.5) is 4.39 Å². The van der Waals surface area contributed by atoms with E-state index in [4.69, 9.17) is 5.11 Å². The number of carboxylic acid groups (broad SMARTS) is 1. The van der Waals surface area contributed by atoms with Crippen LogP contribution in [0.25, 0.3) is 10.6 Å². The van der Waals surface area contributed by atoms with E-state index in [1.165, 1.54) is 23.5 Å². The lowest BCUT2D eigenvalue weighted by molar-refractivity contribution is -0.136. The van der Waals surface area contributed by atoms with E-state index in [0.717, 1.165) is 21.1 Å². The summed E-state index contributed by atoms with van der Waals surface area (Å²) in [4.78, 5) is 15.9. The van der Waals surface area contributed by atoms with E-state index in [0.29, 0.717) is 6.42 Å². The second-order valence-electron chi connectivity index (χ2n) is 3.93. The second kappa shape index (κ2) is 5.27. The lowest BCUT2D eigenvalue weighted by Gasteiger charge is -1.95. The van der Waals surface area contributed by atoms with Crippen LogP contribution in [0, 0.1) is 12.7 Å². The first-order chi connectivity index (χ1) is 8.56. The predicted octanol–water partition coefficient (Wildman–Crippen LogP) is 3.27. The Morgan fingerprint density at radius 1 is 1.39 bits per heavy atom. The minimum Gasteiger partial charge on any atom is -0.481 e. The molecule has 1 heterocycles. The van der Waals surface area contributed by atoms with Crippen LogP contribution in [0.1, 0.15) is 17.0 Å². The monoisotopic (exact) mass is 265 g/mol. The number of rotatable bonds is 4. The summed E-state index contributed by atoms with van der Waals surface area (Å²) in [5.74, 6) is -1.09. The van der Waals surface area contributed by atoms with Gasteiger partial charge in [-0.1, -0.05) is 0 Å². The van der Waals surface area contributed by atoms with Gasteiger partial charge in [-0.25, -0.2) is 9.37 Å². The zero-order valence-electron chi connectivity index (χ0n) is 9.81. The molecule has 18 heavy (non-hydrogen) atoms. The van der Waals surface area contributed by atoms with Crippen molar-refractivity contribution in [3.8, 4) is 10.6 Å². The molecule has 0 aliphatic rings. The standard InChI is InChI=1S/C13H12FNO2S/c1-8-11(6-7-12(16)17)18-13(15-8)9-2-4-10(14)5-3-9/h2-5H,6-7H2,1H3,(H,16,17). The van der Waals surface area contributed by atoms with Gasteiger partial charge >= 0.3 is 5.97 Å². The molecule has 3 nitrogen and oxygen atoms in total. The van der Waals surface area contributed by atoms with Gasteiger partial charge in [0.25, 0.3) is 0 Å². The lowest BCUT2D eigenvalue weighted by atomic mass is 10.2. The van der Waals surface area contributed by atoms with Crippen molar-refractivity contribution in [2.45, 2.75) is 19.8 Å². The molecule has 1 N–H and O–H groups in total. The molecule has 0 atom stereocenters. The van der Waals surface area contributed by atoms with Gasteiger partial charge in [-0.05, 0) is 37.6 Å². The fraction of sp³-hybridized carbons (Fsp3) is 0.231. The first-order valence-corrected chi connectivity index (χ1v) is 6.32. The Labute approximate surface area is 108 Å². The van der Waals surface area contributed by atoms with Crippen molar-refractivity contribution in [1.82, 2.24) is 4.98 Å². The number of halogens is 1. The van der Waals surface area contributed by atoms with E-state index in [-0.39, 0.29) is 12.2 Å². The van der Waals surface area contributed by atoms with Crippen molar-refractivity contribution >= 4 is 17.3 Å². The molecule has 0 bridgehead atoms. The third-order valence-corrected chi connectivity index (χ3v) is 3.82. The van der Waals surface area contributed by atoms with Crippen molar-refractivity contribution in [2.24, 2.45) is 0 Å². The van der Waals surface area contributed by atoms with Crippen molar-refractivity contribution in [3.05, 3.63) is 40.7 Å². The molecule has 94 valence electrons. The molecule has 1 aromatic heterocycles. The Morgan fingerprint density at radius 2 is 2.06 bits per heavy atom. The van der Waals surface area contributed by atoms with E-state index >= 15 is 0 Å². The van der Waals surface area contributed by atoms with Crippen molar-refractivity contribution < 1.29 is 14.3 Å². The van der Waals surface area contributed by atoms with E-state index in [9.17, 15) is 9.18 Å². The van der Waals surface area contributed by atoms with Gasteiger partial charge in [-0.15, -0.1) is 11.3 Å². The molecule has 0 unspecified atom stereocenters. The molecule has 0 amide bonds. The van der Waals surface area contributed by atoms with Gasteiger partial charge < -0.3 is 5.11 Å². The highest BCUT2D eigenvalue weighted by molar-refractivity contribution is 7.15. The maximum absolute atomic E-state index is 12.8. The number of carboxylic acids is 1. The normalized spacial score (nSPS) is 10.6. The van der Waals surface area contributed by atoms with Gasteiger partial charge in [0.2, 0.25) is 0 Å². The Hall–Kier alpha value is -1.75. The molecule has 0 spiro atoms. The number of carbonyl (C=O) groups is 1. The van der Waals surface area contributed by atoms with Gasteiger partial charge in [-0.2, -0.15) is 0 Å². The zero-order chi connectivity index (χ0) is 13.1. The number of benzene rings is 1. The Bertz CT molecular complexity index is 563. The molecule has 0 saturated carbocycles. The smallest absolute Gasteiger partial charge is 0.303 e. The number of aromatic nitrogens is 1. The minimum atomic E-state index is -0.814. The van der Waals surface area contributed by atoms with Gasteiger partial charge in [0.15, 0.2) is 0 Å². The third kappa shape index (κ3) is 2.92. The van der Waals surface area contributed by atoms with Crippen molar-refractivity contribution in [2.75, 3.05) is 0 Å². The highest BCUT2D eigenvalue weighted by Gasteiger charge is 2.10. The molecule has 0 saturated heterocycles. The molecule has 1 aromatic carbocycles. The zero-order valence-corrected chi connectivity index (χ0v) is 10.6. The predicted molar refractivity (Wildman–Crippen MR) is 68.2 cm³/mol. The van der Waals surface area contributed by atoms with E-state index < -0.39 is 5.97 Å². The summed E-state index contributed by atoms with van der Waals surface area (Å²) in [6.07, 6.45) is 0.589. The fourth-order valence-electron chi connectivity index (χ4n) is 1.60. The number of hydrogen-bond donors (Lipinski definition) is 1. The van der Waals surface area contributed by atoms with Gasteiger partial charge in [0.05, 0.1) is 12.1 Å². The van der Waals surface area contributed by atoms with Crippen LogP contribution in [0.5, 0.6) is 0 Å². The summed E-state index contributed by atoms with van der Waals surface area (Å²) < 4.78 is 12.8. The van der Waals surface area contributed by atoms with Gasteiger partial charge in [-0.3, -0.25) is 4.79 Å². The molecule has 0 aliphatic heterocycles. The maximum atomic E-state index is 12.8. The highest BCUT2D eigenvalue weighted by atomic mass is 32.1. The van der Waals surface area contributed by atoms with Crippen molar-refractivity contribution in [3.63, 3.8) is 0 Å².